The van der Waals surface area contributed by atoms with Crippen molar-refractivity contribution >= 4 is 35.1 Å². The molecule has 0 unspecified atom stereocenters. The summed E-state index contributed by atoms with van der Waals surface area (Å²) in [6.07, 6.45) is 3.41. The van der Waals surface area contributed by atoms with Crippen molar-refractivity contribution in [3.05, 3.63) is 30.6 Å². The van der Waals surface area contributed by atoms with E-state index in [1.807, 2.05) is 37.4 Å². The molecule has 100 valence electrons. The van der Waals surface area contributed by atoms with Crippen LogP contribution in [0.1, 0.15) is 6.92 Å². The Bertz CT molecular complexity index is 544. The zero-order chi connectivity index (χ0) is 13.7. The smallest absolute Gasteiger partial charge is 0.237 e. The number of nitrogens with zero attached hydrogens (tertiary/aromatic N) is 2. The van der Waals surface area contributed by atoms with Gasteiger partial charge in [-0.25, -0.2) is 4.98 Å². The van der Waals surface area contributed by atoms with Gasteiger partial charge in [-0.2, -0.15) is 5.10 Å². The van der Waals surface area contributed by atoms with E-state index in [2.05, 4.69) is 20.5 Å². The molecule has 2 N–H and O–H groups in total. The topological polar surface area (TPSA) is 70.7 Å². The SMILES string of the molecule is CSc1ccccc1NC(=O)[C@@H](C)Sc1ncn[nH]1. The molecule has 7 heteroatoms. The third kappa shape index (κ3) is 3.74. The monoisotopic (exact) mass is 294 g/mol. The lowest BCUT2D eigenvalue weighted by molar-refractivity contribution is -0.115. The Morgan fingerprint density at radius 1 is 1.42 bits per heavy atom. The highest BCUT2D eigenvalue weighted by Crippen LogP contribution is 2.26. The normalized spacial score (nSPS) is 12.1. The third-order valence-electron chi connectivity index (χ3n) is 2.42. The maximum Gasteiger partial charge on any atom is 0.237 e. The van der Waals surface area contributed by atoms with Crippen molar-refractivity contribution in [3.63, 3.8) is 0 Å². The molecule has 1 amide bonds. The van der Waals surface area contributed by atoms with Crippen molar-refractivity contribution in [2.45, 2.75) is 22.2 Å². The van der Waals surface area contributed by atoms with Gasteiger partial charge in [0, 0.05) is 4.90 Å². The second kappa shape index (κ2) is 6.63. The van der Waals surface area contributed by atoms with Crippen LogP contribution in [0.2, 0.25) is 0 Å². The number of hydrogen-bond acceptors (Lipinski definition) is 5. The summed E-state index contributed by atoms with van der Waals surface area (Å²) in [6, 6.07) is 7.74. The second-order valence-electron chi connectivity index (χ2n) is 3.74. The van der Waals surface area contributed by atoms with E-state index in [9.17, 15) is 4.79 Å². The van der Waals surface area contributed by atoms with Gasteiger partial charge in [-0.15, -0.1) is 11.8 Å². The van der Waals surface area contributed by atoms with Crippen LogP contribution in [0, 0.1) is 0 Å². The number of aromatic nitrogens is 3. The number of benzene rings is 1. The number of rotatable bonds is 5. The molecule has 2 rings (SSSR count). The Hall–Kier alpha value is -1.47. The van der Waals surface area contributed by atoms with Crippen LogP contribution in [0.25, 0.3) is 0 Å². The first-order valence-electron chi connectivity index (χ1n) is 5.66. The van der Waals surface area contributed by atoms with E-state index in [0.29, 0.717) is 5.16 Å². The summed E-state index contributed by atoms with van der Waals surface area (Å²) in [7, 11) is 0. The average Bonchev–Trinajstić information content (AvgIpc) is 2.92. The molecule has 0 bridgehead atoms. The van der Waals surface area contributed by atoms with E-state index in [4.69, 9.17) is 0 Å². The molecule has 0 saturated heterocycles. The fourth-order valence-corrected chi connectivity index (χ4v) is 2.72. The van der Waals surface area contributed by atoms with Crippen molar-refractivity contribution in [1.29, 1.82) is 0 Å². The zero-order valence-corrected chi connectivity index (χ0v) is 12.2. The van der Waals surface area contributed by atoms with E-state index < -0.39 is 0 Å². The highest BCUT2D eigenvalue weighted by atomic mass is 32.2. The Balaban J connectivity index is 2.00. The molecule has 0 aliphatic carbocycles. The summed E-state index contributed by atoms with van der Waals surface area (Å²) >= 11 is 2.95. The molecule has 1 aromatic carbocycles. The number of carbonyl (C=O) groups excluding carboxylic acids is 1. The van der Waals surface area contributed by atoms with E-state index in [-0.39, 0.29) is 11.2 Å². The lowest BCUT2D eigenvalue weighted by Crippen LogP contribution is -2.22. The molecular weight excluding hydrogens is 280 g/mol. The number of anilines is 1. The standard InChI is InChI=1S/C12H14N4OS2/c1-8(19-12-13-7-14-16-12)11(17)15-9-5-3-4-6-10(9)18-2/h3-8H,1-2H3,(H,15,17)(H,13,14,16)/t8-/m1/s1. The number of H-pyrrole nitrogens is 1. The van der Waals surface area contributed by atoms with Gasteiger partial charge in [0.15, 0.2) is 5.16 Å². The van der Waals surface area contributed by atoms with Crippen LogP contribution in [0.4, 0.5) is 5.69 Å². The van der Waals surface area contributed by atoms with Crippen molar-refractivity contribution in [2.24, 2.45) is 0 Å². The number of hydrogen-bond donors (Lipinski definition) is 2. The van der Waals surface area contributed by atoms with Crippen LogP contribution in [0.3, 0.4) is 0 Å². The minimum atomic E-state index is -0.247. The second-order valence-corrected chi connectivity index (χ2v) is 5.92. The lowest BCUT2D eigenvalue weighted by Gasteiger charge is -2.12. The average molecular weight is 294 g/mol. The van der Waals surface area contributed by atoms with Crippen molar-refractivity contribution in [1.82, 2.24) is 15.2 Å². The molecule has 5 nitrogen and oxygen atoms in total. The quantitative estimate of drug-likeness (QED) is 0.830. The number of carbonyl (C=O) groups is 1. The lowest BCUT2D eigenvalue weighted by atomic mass is 10.3. The van der Waals surface area contributed by atoms with Crippen molar-refractivity contribution in [2.75, 3.05) is 11.6 Å². The summed E-state index contributed by atoms with van der Waals surface area (Å²) in [5.74, 6) is -0.0529. The molecule has 1 aromatic heterocycles. The van der Waals surface area contributed by atoms with E-state index in [1.165, 1.54) is 18.1 Å². The molecule has 0 spiro atoms. The minimum absolute atomic E-state index is 0.0529. The van der Waals surface area contributed by atoms with Gasteiger partial charge in [-0.1, -0.05) is 23.9 Å². The van der Waals surface area contributed by atoms with Gasteiger partial charge >= 0.3 is 0 Å². The maximum atomic E-state index is 12.1. The molecule has 0 saturated carbocycles. The molecule has 19 heavy (non-hydrogen) atoms. The van der Waals surface area contributed by atoms with Crippen LogP contribution in [0.5, 0.6) is 0 Å². The van der Waals surface area contributed by atoms with Gasteiger partial charge in [0.2, 0.25) is 5.91 Å². The van der Waals surface area contributed by atoms with Crippen LogP contribution < -0.4 is 5.32 Å². The van der Waals surface area contributed by atoms with Gasteiger partial charge in [0.05, 0.1) is 10.9 Å². The van der Waals surface area contributed by atoms with Crippen molar-refractivity contribution < 1.29 is 4.79 Å². The highest BCUT2D eigenvalue weighted by Gasteiger charge is 2.16. The molecule has 0 aliphatic heterocycles. The van der Waals surface area contributed by atoms with Gasteiger partial charge in [-0.3, -0.25) is 9.89 Å². The Morgan fingerprint density at radius 2 is 2.21 bits per heavy atom. The molecule has 1 atom stereocenters. The number of amides is 1. The molecule has 0 radical (unpaired) electrons. The zero-order valence-electron chi connectivity index (χ0n) is 10.6. The number of para-hydroxylation sites is 1. The summed E-state index contributed by atoms with van der Waals surface area (Å²) in [4.78, 5) is 17.1. The fraction of sp³-hybridized carbons (Fsp3) is 0.250. The molecule has 0 fully saturated rings. The minimum Gasteiger partial charge on any atom is -0.324 e. The molecular formula is C12H14N4OS2. The number of nitrogens with one attached hydrogen (secondary N) is 2. The summed E-state index contributed by atoms with van der Waals surface area (Å²) in [5.41, 5.74) is 0.838. The first-order chi connectivity index (χ1) is 9.20. The largest absolute Gasteiger partial charge is 0.324 e. The third-order valence-corrected chi connectivity index (χ3v) is 4.20. The van der Waals surface area contributed by atoms with Crippen LogP contribution in [-0.4, -0.2) is 32.6 Å². The fourth-order valence-electron chi connectivity index (χ4n) is 1.45. The summed E-state index contributed by atoms with van der Waals surface area (Å²) in [6.45, 7) is 1.84. The van der Waals surface area contributed by atoms with Crippen LogP contribution in [-0.2, 0) is 4.79 Å². The first kappa shape index (κ1) is 14.0. The van der Waals surface area contributed by atoms with E-state index >= 15 is 0 Å². The highest BCUT2D eigenvalue weighted by molar-refractivity contribution is 8.00. The Kier molecular flexibility index (Phi) is 4.86. The summed E-state index contributed by atoms with van der Waals surface area (Å²) < 4.78 is 0. The first-order valence-corrected chi connectivity index (χ1v) is 7.77. The maximum absolute atomic E-state index is 12.1. The number of aromatic amines is 1. The predicted octanol–water partition coefficient (Wildman–Crippen LogP) is 2.65. The van der Waals surface area contributed by atoms with Gasteiger partial charge in [-0.05, 0) is 25.3 Å². The Labute approximate surface area is 120 Å². The summed E-state index contributed by atoms with van der Waals surface area (Å²) in [5, 5.41) is 9.80. The van der Waals surface area contributed by atoms with Crippen LogP contribution >= 0.6 is 23.5 Å². The van der Waals surface area contributed by atoms with Crippen molar-refractivity contribution in [3.8, 4) is 0 Å². The van der Waals surface area contributed by atoms with Gasteiger partial charge in [0.1, 0.15) is 6.33 Å². The van der Waals surface area contributed by atoms with Crippen LogP contribution in [0.15, 0.2) is 40.6 Å². The van der Waals surface area contributed by atoms with Gasteiger partial charge < -0.3 is 5.32 Å². The number of thioether (sulfide) groups is 2. The van der Waals surface area contributed by atoms with Gasteiger partial charge in [0.25, 0.3) is 0 Å². The molecule has 1 heterocycles. The molecule has 0 aliphatic rings. The Morgan fingerprint density at radius 3 is 2.89 bits per heavy atom. The van der Waals surface area contributed by atoms with E-state index in [1.54, 1.807) is 11.8 Å². The molecule has 2 aromatic rings. The predicted molar refractivity (Wildman–Crippen MR) is 78.6 cm³/mol. The van der Waals surface area contributed by atoms with E-state index in [0.717, 1.165) is 10.6 Å².